The first-order valence-corrected chi connectivity index (χ1v) is 9.95. The normalized spacial score (nSPS) is 10.3. The van der Waals surface area contributed by atoms with Crippen LogP contribution in [0.25, 0.3) is 10.8 Å². The van der Waals surface area contributed by atoms with Crippen molar-refractivity contribution in [2.45, 2.75) is 26.5 Å². The van der Waals surface area contributed by atoms with Crippen LogP contribution in [0.3, 0.4) is 0 Å². The summed E-state index contributed by atoms with van der Waals surface area (Å²) in [6.45, 7) is 6.40. The van der Waals surface area contributed by atoms with Crippen LogP contribution in [0.2, 0.25) is 5.02 Å². The highest BCUT2D eigenvalue weighted by Gasteiger charge is 2.10. The molecule has 0 saturated carbocycles. The third-order valence-corrected chi connectivity index (χ3v) is 4.97. The van der Waals surface area contributed by atoms with Crippen LogP contribution in [-0.4, -0.2) is 19.6 Å². The lowest BCUT2D eigenvalue weighted by Crippen LogP contribution is -2.21. The van der Waals surface area contributed by atoms with Crippen LogP contribution >= 0.6 is 36.4 Å². The molecule has 0 aliphatic heterocycles. The van der Waals surface area contributed by atoms with Crippen molar-refractivity contribution in [1.82, 2.24) is 10.6 Å². The topological polar surface area (TPSA) is 33.3 Å². The van der Waals surface area contributed by atoms with Crippen LogP contribution in [0.5, 0.6) is 5.75 Å². The molecule has 0 atom stereocenters. The van der Waals surface area contributed by atoms with E-state index in [4.69, 9.17) is 16.3 Å². The molecular weight excluding hydrogens is 427 g/mol. The number of nitrogens with one attached hydrogen (secondary N) is 2. The van der Waals surface area contributed by atoms with E-state index in [2.05, 4.69) is 54.0 Å². The Bertz CT molecular complexity index is 874. The van der Waals surface area contributed by atoms with Gasteiger partial charge < -0.3 is 15.4 Å². The first-order chi connectivity index (χ1) is 13.3. The van der Waals surface area contributed by atoms with Gasteiger partial charge in [0.05, 0.1) is 0 Å². The first kappa shape index (κ1) is 25.5. The smallest absolute Gasteiger partial charge is 0.124 e. The fourth-order valence-corrected chi connectivity index (χ4v) is 3.32. The van der Waals surface area contributed by atoms with Crippen molar-refractivity contribution < 1.29 is 4.74 Å². The summed E-state index contributed by atoms with van der Waals surface area (Å²) in [7, 11) is 0. The van der Waals surface area contributed by atoms with Gasteiger partial charge in [-0.2, -0.15) is 0 Å². The van der Waals surface area contributed by atoms with Gasteiger partial charge in [0.2, 0.25) is 0 Å². The van der Waals surface area contributed by atoms with E-state index in [1.54, 1.807) is 0 Å². The summed E-state index contributed by atoms with van der Waals surface area (Å²) in [4.78, 5) is 0. The molecule has 0 aromatic heterocycles. The van der Waals surface area contributed by atoms with Crippen LogP contribution in [0.1, 0.15) is 24.5 Å². The summed E-state index contributed by atoms with van der Waals surface area (Å²) in [6, 6.07) is 20.4. The fraction of sp³-hybridized carbons (Fsp3) is 0.304. The molecule has 6 heteroatoms. The number of rotatable bonds is 10. The van der Waals surface area contributed by atoms with E-state index < -0.39 is 0 Å². The third kappa shape index (κ3) is 7.36. The van der Waals surface area contributed by atoms with Gasteiger partial charge in [0, 0.05) is 22.7 Å². The molecule has 0 saturated heterocycles. The summed E-state index contributed by atoms with van der Waals surface area (Å²) < 4.78 is 6.17. The lowest BCUT2D eigenvalue weighted by atomic mass is 10.0. The van der Waals surface area contributed by atoms with Gasteiger partial charge >= 0.3 is 0 Å². The summed E-state index contributed by atoms with van der Waals surface area (Å²) in [5, 5.41) is 10.1. The molecule has 0 bridgehead atoms. The minimum Gasteiger partial charge on any atom is -0.488 e. The highest BCUT2D eigenvalue weighted by molar-refractivity contribution is 6.31. The third-order valence-electron chi connectivity index (χ3n) is 4.60. The molecule has 3 rings (SSSR count). The number of fused-ring (bicyclic) bond motifs is 1. The number of ether oxygens (including phenoxy) is 1. The molecule has 0 radical (unpaired) electrons. The van der Waals surface area contributed by atoms with E-state index in [1.165, 1.54) is 16.3 Å². The second-order valence-corrected chi connectivity index (χ2v) is 6.93. The molecule has 0 aliphatic carbocycles. The van der Waals surface area contributed by atoms with Gasteiger partial charge in [-0.3, -0.25) is 0 Å². The highest BCUT2D eigenvalue weighted by atomic mass is 35.5. The van der Waals surface area contributed by atoms with Gasteiger partial charge in [0.15, 0.2) is 0 Å². The zero-order chi connectivity index (χ0) is 18.9. The molecule has 3 aromatic rings. The van der Waals surface area contributed by atoms with Crippen molar-refractivity contribution in [2.75, 3.05) is 19.6 Å². The van der Waals surface area contributed by atoms with Gasteiger partial charge in [-0.25, -0.2) is 0 Å². The average Bonchev–Trinajstić information content (AvgIpc) is 2.70. The Labute approximate surface area is 191 Å². The quantitative estimate of drug-likeness (QED) is 0.368. The van der Waals surface area contributed by atoms with Gasteiger partial charge in [0.25, 0.3) is 0 Å². The van der Waals surface area contributed by atoms with Crippen molar-refractivity contribution >= 4 is 47.2 Å². The molecule has 0 aliphatic rings. The van der Waals surface area contributed by atoms with Crippen molar-refractivity contribution in [2.24, 2.45) is 0 Å². The van der Waals surface area contributed by atoms with Crippen molar-refractivity contribution in [3.8, 4) is 5.75 Å². The zero-order valence-corrected chi connectivity index (χ0v) is 19.0. The van der Waals surface area contributed by atoms with Crippen molar-refractivity contribution in [3.05, 3.63) is 76.8 Å². The zero-order valence-electron chi connectivity index (χ0n) is 16.6. The van der Waals surface area contributed by atoms with E-state index in [0.717, 1.165) is 48.9 Å². The predicted octanol–water partition coefficient (Wildman–Crippen LogP) is 6.01. The van der Waals surface area contributed by atoms with Crippen molar-refractivity contribution in [1.29, 1.82) is 0 Å². The van der Waals surface area contributed by atoms with E-state index in [0.29, 0.717) is 6.61 Å². The Kier molecular flexibility index (Phi) is 12.1. The molecule has 158 valence electrons. The van der Waals surface area contributed by atoms with E-state index in [9.17, 15) is 0 Å². The summed E-state index contributed by atoms with van der Waals surface area (Å²) in [5.41, 5.74) is 2.19. The van der Waals surface area contributed by atoms with Crippen LogP contribution < -0.4 is 15.4 Å². The highest BCUT2D eigenvalue weighted by Crippen LogP contribution is 2.29. The molecule has 29 heavy (non-hydrogen) atoms. The monoisotopic (exact) mass is 454 g/mol. The van der Waals surface area contributed by atoms with Crippen LogP contribution in [0, 0.1) is 0 Å². The molecular formula is C23H29Cl3N2O. The Morgan fingerprint density at radius 2 is 1.59 bits per heavy atom. The summed E-state index contributed by atoms with van der Waals surface area (Å²) in [5.74, 6) is 0.910. The minimum atomic E-state index is 0. The Hall–Kier alpha value is -1.49. The Morgan fingerprint density at radius 3 is 2.38 bits per heavy atom. The molecule has 3 nitrogen and oxygen atoms in total. The number of hydrogen-bond acceptors (Lipinski definition) is 3. The SMILES string of the molecule is CCNCCCNCc1c(OCc2ccccc2Cl)ccc2ccccc12.Cl.Cl. The maximum absolute atomic E-state index is 6.27. The second kappa shape index (κ2) is 13.7. The van der Waals surface area contributed by atoms with Gasteiger partial charge in [0.1, 0.15) is 12.4 Å². The van der Waals surface area contributed by atoms with E-state index >= 15 is 0 Å². The summed E-state index contributed by atoms with van der Waals surface area (Å²) >= 11 is 6.27. The largest absolute Gasteiger partial charge is 0.488 e. The standard InChI is InChI=1S/C23H27ClN2O.2ClH/c1-2-25-14-7-15-26-16-21-20-10-5-3-8-18(20)12-13-23(21)27-17-19-9-4-6-11-22(19)24;;/h3-6,8-13,25-26H,2,7,14-17H2,1H3;2*1H. The minimum absolute atomic E-state index is 0. The lowest BCUT2D eigenvalue weighted by Gasteiger charge is -2.16. The first-order valence-electron chi connectivity index (χ1n) is 9.58. The van der Waals surface area contributed by atoms with Gasteiger partial charge in [-0.15, -0.1) is 24.8 Å². The average molecular weight is 456 g/mol. The maximum atomic E-state index is 6.27. The molecule has 0 amide bonds. The predicted molar refractivity (Wildman–Crippen MR) is 129 cm³/mol. The van der Waals surface area contributed by atoms with Crippen LogP contribution in [-0.2, 0) is 13.2 Å². The van der Waals surface area contributed by atoms with E-state index in [1.807, 2.05) is 24.3 Å². The molecule has 0 unspecified atom stereocenters. The van der Waals surface area contributed by atoms with Gasteiger partial charge in [-0.05, 0) is 49.0 Å². The molecule has 0 fully saturated rings. The number of benzene rings is 3. The number of hydrogen-bond donors (Lipinski definition) is 2. The Balaban J connectivity index is 0.00000210. The van der Waals surface area contributed by atoms with Crippen LogP contribution in [0.15, 0.2) is 60.7 Å². The fourth-order valence-electron chi connectivity index (χ4n) is 3.13. The van der Waals surface area contributed by atoms with Crippen LogP contribution in [0.4, 0.5) is 0 Å². The number of halogens is 3. The molecule has 3 aromatic carbocycles. The van der Waals surface area contributed by atoms with Crippen molar-refractivity contribution in [3.63, 3.8) is 0 Å². The van der Waals surface area contributed by atoms with E-state index in [-0.39, 0.29) is 24.8 Å². The molecule has 2 N–H and O–H groups in total. The molecule has 0 heterocycles. The lowest BCUT2D eigenvalue weighted by molar-refractivity contribution is 0.303. The van der Waals surface area contributed by atoms with Gasteiger partial charge in [-0.1, -0.05) is 67.1 Å². The maximum Gasteiger partial charge on any atom is 0.124 e. The molecule has 0 spiro atoms. The Morgan fingerprint density at radius 1 is 0.862 bits per heavy atom. The second-order valence-electron chi connectivity index (χ2n) is 6.53. The summed E-state index contributed by atoms with van der Waals surface area (Å²) in [6.07, 6.45) is 1.11.